The third kappa shape index (κ3) is 3.93. The van der Waals surface area contributed by atoms with E-state index >= 15 is 0 Å². The van der Waals surface area contributed by atoms with Crippen molar-refractivity contribution in [1.29, 1.82) is 0 Å². The predicted octanol–water partition coefficient (Wildman–Crippen LogP) is 13.4. The van der Waals surface area contributed by atoms with E-state index in [9.17, 15) is 0 Å². The van der Waals surface area contributed by atoms with Gasteiger partial charge in [-0.1, -0.05) is 135 Å². The van der Waals surface area contributed by atoms with Crippen molar-refractivity contribution in [2.45, 2.75) is 19.3 Å². The van der Waals surface area contributed by atoms with Crippen molar-refractivity contribution in [2.24, 2.45) is 0 Å². The number of rotatable bonds is 4. The van der Waals surface area contributed by atoms with Gasteiger partial charge in [-0.05, 0) is 92.7 Å². The van der Waals surface area contributed by atoms with Crippen molar-refractivity contribution in [1.82, 2.24) is 4.40 Å². The van der Waals surface area contributed by atoms with Crippen LogP contribution in [0.25, 0.3) is 71.1 Å². The maximum atomic E-state index is 2.49. The van der Waals surface area contributed by atoms with E-state index in [2.05, 4.69) is 193 Å². The summed E-state index contributed by atoms with van der Waals surface area (Å²) in [7, 11) is 0. The van der Waals surface area contributed by atoms with E-state index in [1.54, 1.807) is 0 Å². The standard InChI is InChI=1S/C49H34N2/c1-49(2)43-17-8-6-14-37(43)38-27-24-36(30-44(38)49)50(34-22-19-32(20-23-34)31-11-4-3-5-12-31)35-25-28-46-42(29-35)41-26-21-33-13-10-16-40-39-15-7-9-18-45(39)51(46)48(41)47(33)40/h3-30H,1-2H3. The molecule has 51 heavy (non-hydrogen) atoms. The minimum absolute atomic E-state index is 0.0937. The topological polar surface area (TPSA) is 7.65 Å². The first-order chi connectivity index (χ1) is 25.1. The molecule has 0 spiro atoms. The van der Waals surface area contributed by atoms with Crippen molar-refractivity contribution in [3.8, 4) is 22.3 Å². The summed E-state index contributed by atoms with van der Waals surface area (Å²) in [6.07, 6.45) is 0. The summed E-state index contributed by atoms with van der Waals surface area (Å²) in [6.45, 7) is 4.72. The van der Waals surface area contributed by atoms with Crippen LogP contribution in [0, 0.1) is 0 Å². The van der Waals surface area contributed by atoms with Crippen LogP contribution in [0.15, 0.2) is 170 Å². The van der Waals surface area contributed by atoms with Crippen LogP contribution in [-0.4, -0.2) is 4.40 Å². The zero-order valence-corrected chi connectivity index (χ0v) is 28.6. The average Bonchev–Trinajstić information content (AvgIpc) is 3.64. The molecule has 0 saturated heterocycles. The molecule has 0 atom stereocenters. The fraction of sp³-hybridized carbons (Fsp3) is 0.0612. The molecule has 0 bridgehead atoms. The number of hydrogen-bond donors (Lipinski definition) is 0. The number of aromatic nitrogens is 1. The molecule has 0 unspecified atom stereocenters. The van der Waals surface area contributed by atoms with Gasteiger partial charge in [-0.25, -0.2) is 0 Å². The Morgan fingerprint density at radius 1 is 0.431 bits per heavy atom. The first-order valence-corrected chi connectivity index (χ1v) is 17.9. The lowest BCUT2D eigenvalue weighted by atomic mass is 9.82. The summed E-state index contributed by atoms with van der Waals surface area (Å²) in [6, 6.07) is 62.9. The summed E-state index contributed by atoms with van der Waals surface area (Å²) in [5, 5.41) is 7.75. The second-order valence-electron chi connectivity index (χ2n) is 14.6. The Morgan fingerprint density at radius 2 is 1.10 bits per heavy atom. The van der Waals surface area contributed by atoms with Crippen LogP contribution in [0.5, 0.6) is 0 Å². The highest BCUT2D eigenvalue weighted by molar-refractivity contribution is 6.28. The van der Waals surface area contributed by atoms with Gasteiger partial charge in [0.2, 0.25) is 0 Å². The Morgan fingerprint density at radius 3 is 1.98 bits per heavy atom. The molecule has 240 valence electrons. The first kappa shape index (κ1) is 28.5. The monoisotopic (exact) mass is 650 g/mol. The normalized spacial score (nSPS) is 13.5. The second-order valence-corrected chi connectivity index (χ2v) is 14.6. The van der Waals surface area contributed by atoms with Crippen molar-refractivity contribution >= 4 is 65.9 Å². The lowest BCUT2D eigenvalue weighted by Gasteiger charge is -2.28. The molecule has 0 amide bonds. The molecule has 10 aromatic rings. The molecule has 2 aromatic heterocycles. The van der Waals surface area contributed by atoms with E-state index in [1.165, 1.54) is 82.2 Å². The van der Waals surface area contributed by atoms with Gasteiger partial charge in [0.25, 0.3) is 0 Å². The van der Waals surface area contributed by atoms with Crippen LogP contribution in [0.3, 0.4) is 0 Å². The third-order valence-corrected chi connectivity index (χ3v) is 11.5. The smallest absolute Gasteiger partial charge is 0.0626 e. The predicted molar refractivity (Wildman–Crippen MR) is 216 cm³/mol. The molecule has 2 heteroatoms. The highest BCUT2D eigenvalue weighted by atomic mass is 15.1. The van der Waals surface area contributed by atoms with Gasteiger partial charge < -0.3 is 9.30 Å². The SMILES string of the molecule is CC1(C)c2ccccc2-c2ccc(N(c3ccc(-c4ccccc4)cc3)c3ccc4c(c3)c3ccc5cccc6c7ccccc7n4c3c56)cc21. The molecule has 11 rings (SSSR count). The quantitative estimate of drug-likeness (QED) is 0.136. The van der Waals surface area contributed by atoms with Crippen molar-refractivity contribution in [2.75, 3.05) is 4.90 Å². The molecule has 8 aromatic carbocycles. The summed E-state index contributed by atoms with van der Waals surface area (Å²) < 4.78 is 2.49. The minimum atomic E-state index is -0.0937. The highest BCUT2D eigenvalue weighted by Crippen LogP contribution is 2.51. The molecule has 2 heterocycles. The molecular formula is C49H34N2. The van der Waals surface area contributed by atoms with Crippen molar-refractivity contribution < 1.29 is 0 Å². The van der Waals surface area contributed by atoms with Crippen LogP contribution in [-0.2, 0) is 5.41 Å². The number of hydrogen-bond acceptors (Lipinski definition) is 1. The van der Waals surface area contributed by atoms with Crippen LogP contribution >= 0.6 is 0 Å². The molecular weight excluding hydrogens is 617 g/mol. The Kier molecular flexibility index (Phi) is 5.76. The second kappa shape index (κ2) is 10.3. The Labute approximate surface area is 296 Å². The van der Waals surface area contributed by atoms with Gasteiger partial charge in [0.05, 0.1) is 16.6 Å². The number of benzene rings is 8. The molecule has 1 aliphatic carbocycles. The van der Waals surface area contributed by atoms with Gasteiger partial charge in [-0.15, -0.1) is 0 Å². The molecule has 0 saturated carbocycles. The number of pyridine rings is 1. The molecule has 0 fully saturated rings. The Bertz CT molecular complexity index is 2970. The molecule has 0 aliphatic heterocycles. The van der Waals surface area contributed by atoms with Crippen molar-refractivity contribution in [3.63, 3.8) is 0 Å². The van der Waals surface area contributed by atoms with Crippen LogP contribution in [0.2, 0.25) is 0 Å². The van der Waals surface area contributed by atoms with E-state index in [4.69, 9.17) is 0 Å². The van der Waals surface area contributed by atoms with E-state index in [0.29, 0.717) is 0 Å². The van der Waals surface area contributed by atoms with Gasteiger partial charge in [0.1, 0.15) is 0 Å². The number of para-hydroxylation sites is 1. The fourth-order valence-electron chi connectivity index (χ4n) is 9.09. The van der Waals surface area contributed by atoms with E-state index in [1.807, 2.05) is 0 Å². The van der Waals surface area contributed by atoms with E-state index in [-0.39, 0.29) is 5.41 Å². The zero-order valence-electron chi connectivity index (χ0n) is 28.6. The molecule has 1 aliphatic rings. The maximum absolute atomic E-state index is 2.49. The molecule has 0 N–H and O–H groups in total. The van der Waals surface area contributed by atoms with Crippen LogP contribution in [0.4, 0.5) is 17.1 Å². The number of anilines is 3. The lowest BCUT2D eigenvalue weighted by molar-refractivity contribution is 0.660. The average molecular weight is 651 g/mol. The first-order valence-electron chi connectivity index (χ1n) is 17.9. The largest absolute Gasteiger partial charge is 0.310 e. The van der Waals surface area contributed by atoms with E-state index in [0.717, 1.165) is 17.1 Å². The summed E-state index contributed by atoms with van der Waals surface area (Å²) in [4.78, 5) is 2.44. The maximum Gasteiger partial charge on any atom is 0.0626 e. The summed E-state index contributed by atoms with van der Waals surface area (Å²) in [5.41, 5.74) is 15.0. The lowest BCUT2D eigenvalue weighted by Crippen LogP contribution is -2.16. The van der Waals surface area contributed by atoms with Gasteiger partial charge in [0, 0.05) is 44.0 Å². The Hall–Kier alpha value is -6.38. The zero-order chi connectivity index (χ0) is 33.8. The third-order valence-electron chi connectivity index (χ3n) is 11.5. The summed E-state index contributed by atoms with van der Waals surface area (Å²) in [5.74, 6) is 0. The number of nitrogens with zero attached hydrogens (tertiary/aromatic N) is 2. The summed E-state index contributed by atoms with van der Waals surface area (Å²) >= 11 is 0. The van der Waals surface area contributed by atoms with Gasteiger partial charge in [-0.2, -0.15) is 0 Å². The minimum Gasteiger partial charge on any atom is -0.310 e. The number of fused-ring (bicyclic) bond motifs is 9. The highest BCUT2D eigenvalue weighted by Gasteiger charge is 2.35. The van der Waals surface area contributed by atoms with E-state index < -0.39 is 0 Å². The van der Waals surface area contributed by atoms with Gasteiger partial charge >= 0.3 is 0 Å². The van der Waals surface area contributed by atoms with Crippen LogP contribution in [0.1, 0.15) is 25.0 Å². The Balaban J connectivity index is 1.16. The van der Waals surface area contributed by atoms with Crippen LogP contribution < -0.4 is 4.90 Å². The molecule has 0 radical (unpaired) electrons. The van der Waals surface area contributed by atoms with Crippen molar-refractivity contribution in [3.05, 3.63) is 181 Å². The van der Waals surface area contributed by atoms with Gasteiger partial charge in [-0.3, -0.25) is 0 Å². The fourth-order valence-corrected chi connectivity index (χ4v) is 9.09. The van der Waals surface area contributed by atoms with Gasteiger partial charge in [0.15, 0.2) is 0 Å². The molecule has 2 nitrogen and oxygen atoms in total.